The maximum Gasteiger partial charge on any atom is 0.0627 e. The molecule has 0 unspecified atom stereocenters. The van der Waals surface area contributed by atoms with Gasteiger partial charge in [0.05, 0.1) is 21.9 Å². The lowest BCUT2D eigenvalue weighted by atomic mass is 10.2. The fraction of sp³-hybridized carbons (Fsp3) is 0.500. The van der Waals surface area contributed by atoms with E-state index in [9.17, 15) is 9.81 Å². The summed E-state index contributed by atoms with van der Waals surface area (Å²) in [5, 5.41) is 8.71. The van der Waals surface area contributed by atoms with Crippen LogP contribution in [-0.2, 0) is 0 Å². The first-order chi connectivity index (χ1) is 8.76. The Morgan fingerprint density at radius 1 is 0.833 bits per heavy atom. The molecule has 0 bridgehead atoms. The molecule has 0 saturated carbocycles. The molecule has 1 aromatic rings. The van der Waals surface area contributed by atoms with Gasteiger partial charge < -0.3 is 0 Å². The zero-order chi connectivity index (χ0) is 13.4. The van der Waals surface area contributed by atoms with E-state index >= 15 is 0 Å². The number of rotatable bonds is 8. The summed E-state index contributed by atoms with van der Waals surface area (Å²) in [6.07, 6.45) is 1.68. The minimum atomic E-state index is 0.577. The highest BCUT2D eigenvalue weighted by Gasteiger charge is 2.08. The summed E-state index contributed by atoms with van der Waals surface area (Å²) in [6, 6.07) is 7.06. The second-order valence-corrected chi connectivity index (χ2v) is 3.93. The molecule has 0 saturated heterocycles. The monoisotopic (exact) mass is 250 g/mol. The zero-order valence-corrected chi connectivity index (χ0v) is 10.7. The first-order valence-electron chi connectivity index (χ1n) is 6.08. The van der Waals surface area contributed by atoms with Crippen LogP contribution in [0.4, 0.5) is 11.4 Å². The Hall–Kier alpha value is -1.98. The Morgan fingerprint density at radius 3 is 1.39 bits per heavy atom. The fourth-order valence-corrected chi connectivity index (χ4v) is 1.65. The van der Waals surface area contributed by atoms with E-state index in [2.05, 4.69) is 10.6 Å². The Kier molecular flexibility index (Phi) is 5.76. The van der Waals surface area contributed by atoms with Crippen LogP contribution in [0, 0.1) is 9.81 Å². The third kappa shape index (κ3) is 3.51. The predicted octanol–water partition coefficient (Wildman–Crippen LogP) is 3.48. The normalized spacial score (nSPS) is 9.89. The minimum absolute atomic E-state index is 0.577. The molecule has 18 heavy (non-hydrogen) atoms. The average Bonchev–Trinajstić information content (AvgIpc) is 2.42. The molecule has 0 atom stereocenters. The van der Waals surface area contributed by atoms with E-state index in [0.717, 1.165) is 24.2 Å². The second kappa shape index (κ2) is 7.37. The van der Waals surface area contributed by atoms with Crippen molar-refractivity contribution in [3.05, 3.63) is 34.1 Å². The molecule has 0 aliphatic rings. The van der Waals surface area contributed by atoms with Gasteiger partial charge in [-0.25, -0.2) is 10.0 Å². The minimum Gasteiger partial charge on any atom is -0.229 e. The van der Waals surface area contributed by atoms with E-state index in [1.54, 1.807) is 24.3 Å². The van der Waals surface area contributed by atoms with Gasteiger partial charge in [-0.05, 0) is 37.1 Å². The molecular formula is C12H18N4O2. The van der Waals surface area contributed by atoms with Gasteiger partial charge in [-0.2, -0.15) is 0 Å². The lowest BCUT2D eigenvalue weighted by Gasteiger charge is -2.17. The maximum absolute atomic E-state index is 10.7. The molecule has 0 heterocycles. The largest absolute Gasteiger partial charge is 0.229 e. The summed E-state index contributed by atoms with van der Waals surface area (Å²) >= 11 is 0. The molecule has 6 heteroatoms. The Bertz CT molecular complexity index is 343. The summed E-state index contributed by atoms with van der Waals surface area (Å²) in [6.45, 7) is 5.11. The maximum atomic E-state index is 10.7. The molecule has 1 rings (SSSR count). The molecule has 0 N–H and O–H groups in total. The van der Waals surface area contributed by atoms with Gasteiger partial charge in [-0.3, -0.25) is 0 Å². The third-order valence-corrected chi connectivity index (χ3v) is 2.51. The lowest BCUT2D eigenvalue weighted by molar-refractivity contribution is 0.794. The van der Waals surface area contributed by atoms with E-state index in [-0.39, 0.29) is 0 Å². The van der Waals surface area contributed by atoms with Crippen molar-refractivity contribution in [2.45, 2.75) is 26.7 Å². The first-order valence-corrected chi connectivity index (χ1v) is 6.08. The third-order valence-electron chi connectivity index (χ3n) is 2.51. The van der Waals surface area contributed by atoms with Crippen LogP contribution < -0.4 is 10.0 Å². The van der Waals surface area contributed by atoms with Crippen LogP contribution in [0.5, 0.6) is 0 Å². The van der Waals surface area contributed by atoms with Crippen LogP contribution in [0.25, 0.3) is 0 Å². The quantitative estimate of drug-likeness (QED) is 0.523. The number of benzene rings is 1. The lowest BCUT2D eigenvalue weighted by Crippen LogP contribution is -2.17. The van der Waals surface area contributed by atoms with Gasteiger partial charge >= 0.3 is 0 Å². The summed E-state index contributed by atoms with van der Waals surface area (Å²) in [5.74, 6) is 0. The molecule has 6 nitrogen and oxygen atoms in total. The highest BCUT2D eigenvalue weighted by atomic mass is 16.3. The molecule has 0 radical (unpaired) electrons. The van der Waals surface area contributed by atoms with E-state index in [1.807, 2.05) is 13.8 Å². The average molecular weight is 250 g/mol. The Morgan fingerprint density at radius 2 is 1.17 bits per heavy atom. The molecule has 98 valence electrons. The Labute approximate surface area is 106 Å². The van der Waals surface area contributed by atoms with Crippen molar-refractivity contribution in [3.63, 3.8) is 0 Å². The van der Waals surface area contributed by atoms with E-state index < -0.39 is 0 Å². The van der Waals surface area contributed by atoms with E-state index in [0.29, 0.717) is 13.1 Å². The van der Waals surface area contributed by atoms with Crippen molar-refractivity contribution in [2.75, 3.05) is 23.1 Å². The van der Waals surface area contributed by atoms with Crippen LogP contribution in [0.15, 0.2) is 34.8 Å². The first kappa shape index (κ1) is 14.1. The van der Waals surface area contributed by atoms with Crippen LogP contribution in [0.2, 0.25) is 0 Å². The van der Waals surface area contributed by atoms with E-state index in [1.165, 1.54) is 10.0 Å². The molecule has 0 fully saturated rings. The highest BCUT2D eigenvalue weighted by molar-refractivity contribution is 5.55. The van der Waals surface area contributed by atoms with E-state index in [4.69, 9.17) is 0 Å². The van der Waals surface area contributed by atoms with Gasteiger partial charge in [0, 0.05) is 13.1 Å². The van der Waals surface area contributed by atoms with Gasteiger partial charge in [-0.15, -0.1) is 9.81 Å². The molecule has 0 amide bonds. The van der Waals surface area contributed by atoms with Crippen molar-refractivity contribution in [3.8, 4) is 0 Å². The highest BCUT2D eigenvalue weighted by Crippen LogP contribution is 2.21. The SMILES string of the molecule is CCCN(N=O)c1ccc(N(CCC)N=O)cc1. The molecule has 0 aromatic heterocycles. The smallest absolute Gasteiger partial charge is 0.0627 e. The fourth-order valence-electron chi connectivity index (χ4n) is 1.65. The molecule has 0 aliphatic heterocycles. The van der Waals surface area contributed by atoms with Crippen molar-refractivity contribution in [1.82, 2.24) is 0 Å². The van der Waals surface area contributed by atoms with Crippen LogP contribution in [0.1, 0.15) is 26.7 Å². The standard InChI is InChI=1S/C12H18N4O2/c1-3-9-15(13-17)11-5-7-12(8-6-11)16(14-18)10-4-2/h5-8H,3-4,9-10H2,1-2H3. The Balaban J connectivity index is 2.83. The number of nitroso groups, excluding NO2 is 2. The molecule has 1 aromatic carbocycles. The molecular weight excluding hydrogens is 232 g/mol. The van der Waals surface area contributed by atoms with Crippen LogP contribution >= 0.6 is 0 Å². The summed E-state index contributed by atoms with van der Waals surface area (Å²) < 4.78 is 0. The van der Waals surface area contributed by atoms with Gasteiger partial charge in [0.25, 0.3) is 0 Å². The van der Waals surface area contributed by atoms with Gasteiger partial charge in [0.15, 0.2) is 0 Å². The van der Waals surface area contributed by atoms with Crippen molar-refractivity contribution >= 4 is 11.4 Å². The van der Waals surface area contributed by atoms with Crippen LogP contribution in [0.3, 0.4) is 0 Å². The summed E-state index contributed by atoms with van der Waals surface area (Å²) in [7, 11) is 0. The summed E-state index contributed by atoms with van der Waals surface area (Å²) in [4.78, 5) is 21.3. The van der Waals surface area contributed by atoms with Gasteiger partial charge in [0.2, 0.25) is 0 Å². The molecule has 0 spiro atoms. The summed E-state index contributed by atoms with van der Waals surface area (Å²) in [5.41, 5.74) is 1.44. The number of anilines is 2. The van der Waals surface area contributed by atoms with Crippen molar-refractivity contribution in [2.24, 2.45) is 10.6 Å². The number of hydrogen-bond donors (Lipinski definition) is 0. The second-order valence-electron chi connectivity index (χ2n) is 3.93. The number of hydrogen-bond acceptors (Lipinski definition) is 4. The van der Waals surface area contributed by atoms with Crippen LogP contribution in [-0.4, -0.2) is 13.1 Å². The zero-order valence-electron chi connectivity index (χ0n) is 10.7. The van der Waals surface area contributed by atoms with Crippen molar-refractivity contribution in [1.29, 1.82) is 0 Å². The van der Waals surface area contributed by atoms with Gasteiger partial charge in [-0.1, -0.05) is 13.8 Å². The van der Waals surface area contributed by atoms with Gasteiger partial charge in [0.1, 0.15) is 0 Å². The van der Waals surface area contributed by atoms with Crippen molar-refractivity contribution < 1.29 is 0 Å². The number of nitrogens with zero attached hydrogens (tertiary/aromatic N) is 4. The molecule has 0 aliphatic carbocycles. The topological polar surface area (TPSA) is 65.3 Å². The predicted molar refractivity (Wildman–Crippen MR) is 73.3 cm³/mol.